The molecule has 0 unspecified atom stereocenters. The summed E-state index contributed by atoms with van der Waals surface area (Å²) in [4.78, 5) is 2.97. The first-order valence-electron chi connectivity index (χ1n) is 4.00. The van der Waals surface area contributed by atoms with Crippen LogP contribution in [0.25, 0.3) is 10.9 Å². The molecule has 2 aromatic rings. The SMILES string of the molecule is Cc1ccc2c(C#N)c(N)[nH]c2c1. The average Bonchev–Trinajstić information content (AvgIpc) is 2.39. The minimum Gasteiger partial charge on any atom is -0.384 e. The molecule has 0 bridgehead atoms. The molecule has 0 aliphatic heterocycles. The Balaban J connectivity index is 2.88. The summed E-state index contributed by atoms with van der Waals surface area (Å²) in [6, 6.07) is 7.94. The molecular formula is C10H9N3. The molecule has 0 atom stereocenters. The Kier molecular flexibility index (Phi) is 1.49. The number of fused-ring (bicyclic) bond motifs is 1. The quantitative estimate of drug-likeness (QED) is 0.636. The lowest BCUT2D eigenvalue weighted by atomic mass is 10.1. The van der Waals surface area contributed by atoms with Crippen molar-refractivity contribution in [3.63, 3.8) is 0 Å². The number of aromatic nitrogens is 1. The number of aryl methyl sites for hydroxylation is 1. The summed E-state index contributed by atoms with van der Waals surface area (Å²) < 4.78 is 0. The summed E-state index contributed by atoms with van der Waals surface area (Å²) >= 11 is 0. The van der Waals surface area contributed by atoms with Crippen molar-refractivity contribution in [2.75, 3.05) is 5.73 Å². The van der Waals surface area contributed by atoms with E-state index in [4.69, 9.17) is 11.0 Å². The second-order valence-corrected chi connectivity index (χ2v) is 3.07. The van der Waals surface area contributed by atoms with Crippen molar-refractivity contribution >= 4 is 16.7 Å². The van der Waals surface area contributed by atoms with Gasteiger partial charge in [0, 0.05) is 10.9 Å². The second kappa shape index (κ2) is 2.53. The van der Waals surface area contributed by atoms with Gasteiger partial charge in [-0.15, -0.1) is 0 Å². The summed E-state index contributed by atoms with van der Waals surface area (Å²) in [7, 11) is 0. The zero-order valence-corrected chi connectivity index (χ0v) is 7.26. The van der Waals surface area contributed by atoms with Crippen LogP contribution in [-0.4, -0.2) is 4.98 Å². The molecule has 13 heavy (non-hydrogen) atoms. The lowest BCUT2D eigenvalue weighted by Crippen LogP contribution is -1.85. The number of benzene rings is 1. The molecule has 0 fully saturated rings. The summed E-state index contributed by atoms with van der Waals surface area (Å²) in [5.74, 6) is 0.447. The lowest BCUT2D eigenvalue weighted by molar-refractivity contribution is 1.43. The van der Waals surface area contributed by atoms with E-state index in [9.17, 15) is 0 Å². The van der Waals surface area contributed by atoms with Gasteiger partial charge in [0.15, 0.2) is 0 Å². The van der Waals surface area contributed by atoms with Gasteiger partial charge in [0.25, 0.3) is 0 Å². The Bertz CT molecular complexity index is 503. The molecule has 3 N–H and O–H groups in total. The highest BCUT2D eigenvalue weighted by Crippen LogP contribution is 2.23. The Morgan fingerprint density at radius 3 is 2.92 bits per heavy atom. The number of nitrogen functional groups attached to an aromatic ring is 1. The Labute approximate surface area is 75.8 Å². The number of rotatable bonds is 0. The van der Waals surface area contributed by atoms with E-state index in [1.807, 2.05) is 25.1 Å². The highest BCUT2D eigenvalue weighted by molar-refractivity contribution is 5.91. The fraction of sp³-hybridized carbons (Fsp3) is 0.100. The van der Waals surface area contributed by atoms with Crippen molar-refractivity contribution in [3.05, 3.63) is 29.3 Å². The first kappa shape index (κ1) is 7.69. The molecule has 64 valence electrons. The molecule has 0 amide bonds. The molecule has 3 heteroatoms. The van der Waals surface area contributed by atoms with Crippen molar-refractivity contribution in [1.82, 2.24) is 4.98 Å². The van der Waals surface area contributed by atoms with E-state index < -0.39 is 0 Å². The number of aromatic amines is 1. The topological polar surface area (TPSA) is 65.6 Å². The van der Waals surface area contributed by atoms with Crippen LogP contribution in [0.5, 0.6) is 0 Å². The normalized spacial score (nSPS) is 10.2. The van der Waals surface area contributed by atoms with E-state index in [1.165, 1.54) is 0 Å². The van der Waals surface area contributed by atoms with E-state index in [2.05, 4.69) is 11.1 Å². The lowest BCUT2D eigenvalue weighted by Gasteiger charge is -1.91. The van der Waals surface area contributed by atoms with Gasteiger partial charge in [0.2, 0.25) is 0 Å². The highest BCUT2D eigenvalue weighted by Gasteiger charge is 2.07. The summed E-state index contributed by atoms with van der Waals surface area (Å²) in [6.45, 7) is 2.00. The van der Waals surface area contributed by atoms with E-state index >= 15 is 0 Å². The van der Waals surface area contributed by atoms with Gasteiger partial charge in [-0.1, -0.05) is 12.1 Å². The van der Waals surface area contributed by atoms with E-state index in [-0.39, 0.29) is 0 Å². The number of hydrogen-bond acceptors (Lipinski definition) is 2. The van der Waals surface area contributed by atoms with Crippen molar-refractivity contribution < 1.29 is 0 Å². The van der Waals surface area contributed by atoms with Crippen LogP contribution < -0.4 is 5.73 Å². The number of nitriles is 1. The molecule has 0 saturated heterocycles. The van der Waals surface area contributed by atoms with Gasteiger partial charge in [-0.25, -0.2) is 0 Å². The maximum Gasteiger partial charge on any atom is 0.119 e. The number of hydrogen-bond donors (Lipinski definition) is 2. The largest absolute Gasteiger partial charge is 0.384 e. The fourth-order valence-corrected chi connectivity index (χ4v) is 1.45. The summed E-state index contributed by atoms with van der Waals surface area (Å²) in [5, 5.41) is 9.72. The monoisotopic (exact) mass is 171 g/mol. The number of H-pyrrole nitrogens is 1. The predicted octanol–water partition coefficient (Wildman–Crippen LogP) is 1.93. The van der Waals surface area contributed by atoms with Crippen molar-refractivity contribution in [1.29, 1.82) is 5.26 Å². The van der Waals surface area contributed by atoms with Gasteiger partial charge < -0.3 is 10.7 Å². The number of anilines is 1. The van der Waals surface area contributed by atoms with Crippen LogP contribution >= 0.6 is 0 Å². The van der Waals surface area contributed by atoms with Crippen molar-refractivity contribution in [2.24, 2.45) is 0 Å². The minimum atomic E-state index is 0.447. The molecular weight excluding hydrogens is 162 g/mol. The molecule has 0 aliphatic rings. The van der Waals surface area contributed by atoms with Crippen molar-refractivity contribution in [3.8, 4) is 6.07 Å². The Morgan fingerprint density at radius 1 is 1.46 bits per heavy atom. The maximum atomic E-state index is 8.82. The third kappa shape index (κ3) is 1.04. The summed E-state index contributed by atoms with van der Waals surface area (Å²) in [6.07, 6.45) is 0. The van der Waals surface area contributed by atoms with E-state index in [1.54, 1.807) is 0 Å². The van der Waals surface area contributed by atoms with Gasteiger partial charge in [0.1, 0.15) is 17.5 Å². The van der Waals surface area contributed by atoms with Crippen LogP contribution in [-0.2, 0) is 0 Å². The molecule has 0 saturated carbocycles. The van der Waals surface area contributed by atoms with Crippen LogP contribution in [0.1, 0.15) is 11.1 Å². The Morgan fingerprint density at radius 2 is 2.23 bits per heavy atom. The van der Waals surface area contributed by atoms with E-state index in [0.29, 0.717) is 11.4 Å². The standard InChI is InChI=1S/C10H9N3/c1-6-2-3-7-8(5-11)10(12)13-9(7)4-6/h2-4,13H,12H2,1H3. The molecule has 1 aromatic carbocycles. The number of nitrogens with two attached hydrogens (primary N) is 1. The van der Waals surface area contributed by atoms with Crippen LogP contribution in [0.4, 0.5) is 5.82 Å². The molecule has 1 heterocycles. The van der Waals surface area contributed by atoms with Crippen LogP contribution in [0, 0.1) is 18.3 Å². The second-order valence-electron chi connectivity index (χ2n) is 3.07. The van der Waals surface area contributed by atoms with Crippen LogP contribution in [0.3, 0.4) is 0 Å². The minimum absolute atomic E-state index is 0.447. The molecule has 0 radical (unpaired) electrons. The molecule has 2 rings (SSSR count). The van der Waals surface area contributed by atoms with Crippen molar-refractivity contribution in [2.45, 2.75) is 6.92 Å². The first-order valence-corrected chi connectivity index (χ1v) is 4.00. The molecule has 0 aliphatic carbocycles. The number of nitrogens with one attached hydrogen (secondary N) is 1. The number of nitrogens with zero attached hydrogens (tertiary/aromatic N) is 1. The van der Waals surface area contributed by atoms with Gasteiger partial charge in [-0.2, -0.15) is 5.26 Å². The molecule has 0 spiro atoms. The van der Waals surface area contributed by atoms with Gasteiger partial charge in [-0.05, 0) is 18.6 Å². The van der Waals surface area contributed by atoms with Gasteiger partial charge in [0.05, 0.1) is 0 Å². The summed E-state index contributed by atoms with van der Waals surface area (Å²) in [5.41, 5.74) is 8.25. The zero-order valence-electron chi connectivity index (χ0n) is 7.26. The zero-order chi connectivity index (χ0) is 9.42. The first-order chi connectivity index (χ1) is 6.22. The maximum absolute atomic E-state index is 8.82. The molecule has 1 aromatic heterocycles. The van der Waals surface area contributed by atoms with Gasteiger partial charge >= 0.3 is 0 Å². The van der Waals surface area contributed by atoms with Gasteiger partial charge in [-0.3, -0.25) is 0 Å². The average molecular weight is 171 g/mol. The van der Waals surface area contributed by atoms with E-state index in [0.717, 1.165) is 16.5 Å². The third-order valence-electron chi connectivity index (χ3n) is 2.09. The molecule has 3 nitrogen and oxygen atoms in total. The highest BCUT2D eigenvalue weighted by atomic mass is 14.8. The third-order valence-corrected chi connectivity index (χ3v) is 2.09. The fourth-order valence-electron chi connectivity index (χ4n) is 1.45. The smallest absolute Gasteiger partial charge is 0.119 e. The van der Waals surface area contributed by atoms with Crippen LogP contribution in [0.2, 0.25) is 0 Å². The predicted molar refractivity (Wildman–Crippen MR) is 52.2 cm³/mol. The van der Waals surface area contributed by atoms with Crippen LogP contribution in [0.15, 0.2) is 18.2 Å². The Hall–Kier alpha value is -1.95.